The van der Waals surface area contributed by atoms with Crippen LogP contribution < -0.4 is 10.6 Å². The molecule has 0 aromatic heterocycles. The third-order valence-electron chi connectivity index (χ3n) is 3.68. The summed E-state index contributed by atoms with van der Waals surface area (Å²) in [5.41, 5.74) is 1.32. The predicted molar refractivity (Wildman–Crippen MR) is 99.2 cm³/mol. The molecule has 0 aliphatic rings. The van der Waals surface area contributed by atoms with Crippen molar-refractivity contribution in [1.29, 1.82) is 0 Å². The van der Waals surface area contributed by atoms with Gasteiger partial charge in [-0.3, -0.25) is 9.79 Å². The van der Waals surface area contributed by atoms with E-state index in [1.165, 1.54) is 5.56 Å². The van der Waals surface area contributed by atoms with Crippen LogP contribution in [0.15, 0.2) is 35.3 Å². The molecule has 0 saturated carbocycles. The van der Waals surface area contributed by atoms with Crippen LogP contribution in [-0.2, 0) is 16.0 Å². The van der Waals surface area contributed by atoms with E-state index in [1.807, 2.05) is 13.0 Å². The number of benzene rings is 1. The van der Waals surface area contributed by atoms with Crippen molar-refractivity contribution < 1.29 is 9.53 Å². The van der Waals surface area contributed by atoms with E-state index in [0.717, 1.165) is 51.2 Å². The van der Waals surface area contributed by atoms with Crippen LogP contribution >= 0.6 is 0 Å². The molecule has 1 aromatic rings. The second-order valence-corrected chi connectivity index (χ2v) is 5.63. The minimum atomic E-state index is -0.0846. The lowest BCUT2D eigenvalue weighted by molar-refractivity contribution is -0.143. The molecule has 5 heteroatoms. The van der Waals surface area contributed by atoms with Crippen molar-refractivity contribution in [1.82, 2.24) is 10.6 Å². The number of hydrogen-bond donors (Lipinski definition) is 2. The molecule has 1 aromatic carbocycles. The number of ether oxygens (including phenoxy) is 1. The molecule has 0 heterocycles. The first-order valence-corrected chi connectivity index (χ1v) is 8.90. The van der Waals surface area contributed by atoms with E-state index in [-0.39, 0.29) is 5.97 Å². The Morgan fingerprint density at radius 1 is 1.04 bits per heavy atom. The zero-order valence-corrected chi connectivity index (χ0v) is 15.0. The second kappa shape index (κ2) is 13.4. The van der Waals surface area contributed by atoms with Crippen LogP contribution in [0.25, 0.3) is 0 Å². The number of hydrogen-bond acceptors (Lipinski definition) is 3. The normalized spacial score (nSPS) is 11.2. The molecular formula is C19H31N3O2. The van der Waals surface area contributed by atoms with E-state index in [9.17, 15) is 4.79 Å². The summed E-state index contributed by atoms with van der Waals surface area (Å²) in [6.45, 7) is 4.07. The number of carbonyl (C=O) groups excluding carboxylic acids is 1. The molecule has 1 rings (SSSR count). The van der Waals surface area contributed by atoms with Gasteiger partial charge in [-0.1, -0.05) is 43.2 Å². The van der Waals surface area contributed by atoms with Crippen molar-refractivity contribution in [3.63, 3.8) is 0 Å². The van der Waals surface area contributed by atoms with Gasteiger partial charge >= 0.3 is 5.97 Å². The van der Waals surface area contributed by atoms with Gasteiger partial charge in [0.15, 0.2) is 5.96 Å². The van der Waals surface area contributed by atoms with E-state index >= 15 is 0 Å². The summed E-state index contributed by atoms with van der Waals surface area (Å²) < 4.78 is 4.91. The SMILES string of the molecule is CCOC(=O)CCCCCCNC(=NC)NCCc1ccccc1. The van der Waals surface area contributed by atoms with E-state index in [0.29, 0.717) is 13.0 Å². The molecule has 2 N–H and O–H groups in total. The van der Waals surface area contributed by atoms with Crippen LogP contribution in [0, 0.1) is 0 Å². The average molecular weight is 333 g/mol. The summed E-state index contributed by atoms with van der Waals surface area (Å²) in [6.07, 6.45) is 5.65. The van der Waals surface area contributed by atoms with Gasteiger partial charge in [0.1, 0.15) is 0 Å². The largest absolute Gasteiger partial charge is 0.466 e. The van der Waals surface area contributed by atoms with Crippen molar-refractivity contribution in [2.75, 3.05) is 26.7 Å². The molecule has 134 valence electrons. The lowest BCUT2D eigenvalue weighted by atomic mass is 10.1. The lowest BCUT2D eigenvalue weighted by Gasteiger charge is -2.11. The van der Waals surface area contributed by atoms with Crippen molar-refractivity contribution in [2.24, 2.45) is 4.99 Å². The number of unbranched alkanes of at least 4 members (excludes halogenated alkanes) is 3. The Kier molecular flexibility index (Phi) is 11.2. The van der Waals surface area contributed by atoms with Gasteiger partial charge in [0.2, 0.25) is 0 Å². The van der Waals surface area contributed by atoms with Crippen LogP contribution in [-0.4, -0.2) is 38.7 Å². The Morgan fingerprint density at radius 2 is 1.75 bits per heavy atom. The lowest BCUT2D eigenvalue weighted by Crippen LogP contribution is -2.38. The molecule has 0 atom stereocenters. The highest BCUT2D eigenvalue weighted by molar-refractivity contribution is 5.79. The van der Waals surface area contributed by atoms with Gasteiger partial charge in [-0.25, -0.2) is 0 Å². The molecule has 0 aliphatic heterocycles. The number of nitrogens with zero attached hydrogens (tertiary/aromatic N) is 1. The number of carbonyl (C=O) groups is 1. The summed E-state index contributed by atoms with van der Waals surface area (Å²) in [6, 6.07) is 10.4. The standard InChI is InChI=1S/C19H31N3O2/c1-3-24-18(23)13-9-4-5-10-15-21-19(20-2)22-16-14-17-11-7-6-8-12-17/h6-8,11-12H,3-5,9-10,13-16H2,1-2H3,(H2,20,21,22). The van der Waals surface area contributed by atoms with Crippen molar-refractivity contribution in [2.45, 2.75) is 45.4 Å². The molecule has 0 fully saturated rings. The van der Waals surface area contributed by atoms with Gasteiger partial charge in [0.05, 0.1) is 6.61 Å². The van der Waals surface area contributed by atoms with Crippen LogP contribution in [0.5, 0.6) is 0 Å². The fraction of sp³-hybridized carbons (Fsp3) is 0.579. The Labute approximate surface area is 145 Å². The Balaban J connectivity index is 2.01. The maximum Gasteiger partial charge on any atom is 0.305 e. The molecule has 0 spiro atoms. The monoisotopic (exact) mass is 333 g/mol. The minimum absolute atomic E-state index is 0.0846. The van der Waals surface area contributed by atoms with Crippen molar-refractivity contribution in [3.05, 3.63) is 35.9 Å². The Morgan fingerprint density at radius 3 is 2.46 bits per heavy atom. The maximum absolute atomic E-state index is 11.2. The van der Waals surface area contributed by atoms with E-state index in [1.54, 1.807) is 7.05 Å². The third kappa shape index (κ3) is 9.87. The number of rotatable bonds is 11. The van der Waals surface area contributed by atoms with Crippen LogP contribution in [0.2, 0.25) is 0 Å². The highest BCUT2D eigenvalue weighted by atomic mass is 16.5. The molecule has 0 bridgehead atoms. The first-order chi connectivity index (χ1) is 11.8. The van der Waals surface area contributed by atoms with Gasteiger partial charge in [0, 0.05) is 26.6 Å². The third-order valence-corrected chi connectivity index (χ3v) is 3.68. The first kappa shape index (κ1) is 20.0. The summed E-state index contributed by atoms with van der Waals surface area (Å²) >= 11 is 0. The average Bonchev–Trinajstić information content (AvgIpc) is 2.60. The molecule has 5 nitrogen and oxygen atoms in total. The summed E-state index contributed by atoms with van der Waals surface area (Å²) in [4.78, 5) is 15.4. The number of aliphatic imine (C=N–C) groups is 1. The second-order valence-electron chi connectivity index (χ2n) is 5.63. The topological polar surface area (TPSA) is 62.7 Å². The fourth-order valence-corrected chi connectivity index (χ4v) is 2.38. The van der Waals surface area contributed by atoms with Crippen LogP contribution in [0.3, 0.4) is 0 Å². The quantitative estimate of drug-likeness (QED) is 0.283. The van der Waals surface area contributed by atoms with Gasteiger partial charge in [-0.2, -0.15) is 0 Å². The fourth-order valence-electron chi connectivity index (χ4n) is 2.38. The molecule has 0 unspecified atom stereocenters. The van der Waals surface area contributed by atoms with E-state index in [2.05, 4.69) is 39.9 Å². The number of nitrogens with one attached hydrogen (secondary N) is 2. The van der Waals surface area contributed by atoms with Gasteiger partial charge in [-0.15, -0.1) is 0 Å². The van der Waals surface area contributed by atoms with Gasteiger partial charge < -0.3 is 15.4 Å². The summed E-state index contributed by atoms with van der Waals surface area (Å²) in [5.74, 6) is 0.760. The predicted octanol–water partition coefficient (Wildman–Crippen LogP) is 2.91. The zero-order valence-electron chi connectivity index (χ0n) is 15.0. The molecule has 0 saturated heterocycles. The minimum Gasteiger partial charge on any atom is -0.466 e. The smallest absolute Gasteiger partial charge is 0.305 e. The maximum atomic E-state index is 11.2. The molecule has 0 aliphatic carbocycles. The zero-order chi connectivity index (χ0) is 17.5. The summed E-state index contributed by atoms with van der Waals surface area (Å²) in [5, 5.41) is 6.65. The molecule has 0 radical (unpaired) electrons. The molecular weight excluding hydrogens is 302 g/mol. The van der Waals surface area contributed by atoms with Crippen molar-refractivity contribution >= 4 is 11.9 Å². The van der Waals surface area contributed by atoms with Gasteiger partial charge in [-0.05, 0) is 31.7 Å². The Bertz CT molecular complexity index is 475. The highest BCUT2D eigenvalue weighted by Gasteiger charge is 2.01. The number of guanidine groups is 1. The molecule has 0 amide bonds. The van der Waals surface area contributed by atoms with Crippen LogP contribution in [0.1, 0.15) is 44.6 Å². The van der Waals surface area contributed by atoms with Gasteiger partial charge in [0.25, 0.3) is 0 Å². The van der Waals surface area contributed by atoms with E-state index in [4.69, 9.17) is 4.74 Å². The first-order valence-electron chi connectivity index (χ1n) is 8.90. The summed E-state index contributed by atoms with van der Waals surface area (Å²) in [7, 11) is 1.79. The Hall–Kier alpha value is -2.04. The highest BCUT2D eigenvalue weighted by Crippen LogP contribution is 2.03. The molecule has 24 heavy (non-hydrogen) atoms. The van der Waals surface area contributed by atoms with E-state index < -0.39 is 0 Å². The van der Waals surface area contributed by atoms with Crippen LogP contribution in [0.4, 0.5) is 0 Å². The number of esters is 1. The van der Waals surface area contributed by atoms with Crippen molar-refractivity contribution in [3.8, 4) is 0 Å².